The van der Waals surface area contributed by atoms with Crippen molar-refractivity contribution in [3.05, 3.63) is 11.6 Å². The molecule has 0 unspecified atom stereocenters. The van der Waals surface area contributed by atoms with Gasteiger partial charge in [-0.05, 0) is 46.5 Å². The Bertz CT molecular complexity index is 761. The summed E-state index contributed by atoms with van der Waals surface area (Å²) in [6.45, 7) is 7.41. The van der Waals surface area contributed by atoms with Crippen LogP contribution in [-0.4, -0.2) is 91.1 Å². The van der Waals surface area contributed by atoms with Crippen LogP contribution in [0.5, 0.6) is 0 Å². The average molecular weight is 454 g/mol. The van der Waals surface area contributed by atoms with E-state index >= 15 is 0 Å². The number of carbonyl (C=O) groups excluding carboxylic acids is 1. The Labute approximate surface area is 188 Å². The maximum Gasteiger partial charge on any atom is 0.410 e. The second kappa shape index (κ2) is 8.93. The average Bonchev–Trinajstić information content (AvgIpc) is 3.59. The highest BCUT2D eigenvalue weighted by Gasteiger charge is 2.72. The quantitative estimate of drug-likeness (QED) is 0.441. The van der Waals surface area contributed by atoms with Gasteiger partial charge in [0.25, 0.3) is 0 Å². The summed E-state index contributed by atoms with van der Waals surface area (Å²) in [7, 11) is 1.66. The molecule has 0 aromatic heterocycles. The third kappa shape index (κ3) is 4.66. The van der Waals surface area contributed by atoms with E-state index < -0.39 is 18.2 Å². The van der Waals surface area contributed by atoms with Gasteiger partial charge >= 0.3 is 12.1 Å². The van der Waals surface area contributed by atoms with Crippen molar-refractivity contribution in [2.45, 2.75) is 82.1 Å². The third-order valence-corrected chi connectivity index (χ3v) is 7.33. The van der Waals surface area contributed by atoms with Gasteiger partial charge < -0.3 is 33.7 Å². The predicted octanol–water partition coefficient (Wildman–Crippen LogP) is 2.37. The molecule has 7 atom stereocenters. The lowest BCUT2D eigenvalue weighted by molar-refractivity contribution is -0.144. The van der Waals surface area contributed by atoms with E-state index in [-0.39, 0.29) is 42.0 Å². The Morgan fingerprint density at radius 2 is 2.03 bits per heavy atom. The molecule has 4 fully saturated rings. The first-order chi connectivity index (χ1) is 15.2. The summed E-state index contributed by atoms with van der Waals surface area (Å²) in [5, 5.41) is 8.78. The van der Waals surface area contributed by atoms with Crippen LogP contribution >= 0.6 is 0 Å². The highest BCUT2D eigenvalue weighted by Crippen LogP contribution is 2.59. The molecule has 1 N–H and O–H groups in total. The third-order valence-electron chi connectivity index (χ3n) is 7.33. The molecule has 32 heavy (non-hydrogen) atoms. The molecule has 9 nitrogen and oxygen atoms in total. The minimum atomic E-state index is -1.02. The smallest absolute Gasteiger partial charge is 0.410 e. The number of epoxide rings is 2. The molecule has 0 bridgehead atoms. The zero-order valence-corrected chi connectivity index (χ0v) is 19.4. The maximum atomic E-state index is 12.9. The number of likely N-dealkylation sites (tertiary alicyclic amines) is 1. The standard InChI is InChI=1S/C23H35NO8/c1-14(2)5-6-17-22(3,32-17)20-19(28-4)16(7-9-23(20)13-30-23)31-21(27)24-10-8-15(11-24)29-12-18(25)26/h5,15-17,19-20H,6-13H2,1-4H3,(H,25,26)/t15-,16-,17-,19-,20-,22+,23+/m1/s1. The van der Waals surface area contributed by atoms with Crippen molar-refractivity contribution >= 4 is 12.1 Å². The largest absolute Gasteiger partial charge is 0.480 e. The summed E-state index contributed by atoms with van der Waals surface area (Å²) >= 11 is 0. The SMILES string of the molecule is CO[C@@H]1[C@H](OC(=O)N2CC[C@@H](OCC(=O)O)C2)CC[C@]2(CO2)[C@H]1[C@@]1(C)O[C@@H]1CC=C(C)C. The number of carboxylic acids is 1. The van der Waals surface area contributed by atoms with E-state index in [0.29, 0.717) is 32.5 Å². The number of hydrogen-bond acceptors (Lipinski definition) is 7. The van der Waals surface area contributed by atoms with E-state index in [1.54, 1.807) is 12.0 Å². The number of methoxy groups -OCH3 is 1. The van der Waals surface area contributed by atoms with Gasteiger partial charge in [0, 0.05) is 13.7 Å². The molecule has 4 rings (SSSR count). The zero-order valence-electron chi connectivity index (χ0n) is 19.4. The first-order valence-corrected chi connectivity index (χ1v) is 11.5. The Hall–Kier alpha value is -1.68. The number of ether oxygens (including phenoxy) is 5. The normalized spacial score (nSPS) is 40.2. The number of amides is 1. The lowest BCUT2D eigenvalue weighted by Gasteiger charge is -2.43. The van der Waals surface area contributed by atoms with Gasteiger partial charge in [0.05, 0.1) is 31.3 Å². The summed E-state index contributed by atoms with van der Waals surface area (Å²) in [5.74, 6) is -1.04. The van der Waals surface area contributed by atoms with Crippen molar-refractivity contribution in [3.8, 4) is 0 Å². The molecule has 0 aromatic rings. The number of hydrogen-bond donors (Lipinski definition) is 1. The highest BCUT2D eigenvalue weighted by atomic mass is 16.6. The van der Waals surface area contributed by atoms with Crippen molar-refractivity contribution in [2.75, 3.05) is 33.4 Å². The van der Waals surface area contributed by atoms with Crippen LogP contribution < -0.4 is 0 Å². The molecule has 3 saturated heterocycles. The second-order valence-electron chi connectivity index (χ2n) is 9.86. The summed E-state index contributed by atoms with van der Waals surface area (Å²) in [6, 6.07) is 0. The first kappa shape index (κ1) is 23.5. The Morgan fingerprint density at radius 1 is 1.28 bits per heavy atom. The van der Waals surface area contributed by atoms with Crippen molar-refractivity contribution in [1.29, 1.82) is 0 Å². The van der Waals surface area contributed by atoms with E-state index in [9.17, 15) is 9.59 Å². The van der Waals surface area contributed by atoms with Crippen molar-refractivity contribution < 1.29 is 38.4 Å². The molecule has 1 spiro atoms. The van der Waals surface area contributed by atoms with Crippen LogP contribution in [0, 0.1) is 5.92 Å². The molecule has 3 heterocycles. The Morgan fingerprint density at radius 3 is 2.66 bits per heavy atom. The lowest BCUT2D eigenvalue weighted by atomic mass is 9.68. The monoisotopic (exact) mass is 453 g/mol. The number of rotatable bonds is 8. The molecule has 9 heteroatoms. The van der Waals surface area contributed by atoms with E-state index in [1.807, 2.05) is 0 Å². The zero-order chi connectivity index (χ0) is 23.1. The maximum absolute atomic E-state index is 12.9. The van der Waals surface area contributed by atoms with Crippen LogP contribution in [0.1, 0.15) is 46.5 Å². The van der Waals surface area contributed by atoms with Crippen molar-refractivity contribution in [2.24, 2.45) is 5.92 Å². The van der Waals surface area contributed by atoms with Crippen LogP contribution in [0.4, 0.5) is 4.79 Å². The number of allylic oxidation sites excluding steroid dienone is 1. The molecule has 4 aliphatic rings. The van der Waals surface area contributed by atoms with Gasteiger partial charge in [-0.2, -0.15) is 0 Å². The highest BCUT2D eigenvalue weighted by molar-refractivity contribution is 5.69. The van der Waals surface area contributed by atoms with Crippen LogP contribution in [-0.2, 0) is 28.5 Å². The number of carbonyl (C=O) groups is 2. The molecular weight excluding hydrogens is 418 g/mol. The van der Waals surface area contributed by atoms with Gasteiger partial charge in [-0.15, -0.1) is 0 Å². The Balaban J connectivity index is 1.39. The predicted molar refractivity (Wildman–Crippen MR) is 113 cm³/mol. The van der Waals surface area contributed by atoms with Crippen LogP contribution in [0.3, 0.4) is 0 Å². The summed E-state index contributed by atoms with van der Waals surface area (Å²) < 4.78 is 29.3. The fraction of sp³-hybridized carbons (Fsp3) is 0.826. The summed E-state index contributed by atoms with van der Waals surface area (Å²) in [4.78, 5) is 25.1. The van der Waals surface area contributed by atoms with E-state index in [1.165, 1.54) is 5.57 Å². The lowest BCUT2D eigenvalue weighted by Crippen LogP contribution is -2.56. The van der Waals surface area contributed by atoms with E-state index in [4.69, 9.17) is 28.8 Å². The molecular formula is C23H35NO8. The van der Waals surface area contributed by atoms with Gasteiger partial charge in [0.1, 0.15) is 30.0 Å². The second-order valence-corrected chi connectivity index (χ2v) is 9.86. The Kier molecular flexibility index (Phi) is 6.55. The van der Waals surface area contributed by atoms with Crippen LogP contribution in [0.25, 0.3) is 0 Å². The molecule has 180 valence electrons. The molecule has 0 radical (unpaired) electrons. The van der Waals surface area contributed by atoms with E-state index in [0.717, 1.165) is 12.8 Å². The number of aliphatic carboxylic acids is 1. The van der Waals surface area contributed by atoms with Gasteiger partial charge in [-0.25, -0.2) is 9.59 Å². The fourth-order valence-corrected chi connectivity index (χ4v) is 5.49. The first-order valence-electron chi connectivity index (χ1n) is 11.5. The number of nitrogens with zero attached hydrogens (tertiary/aromatic N) is 1. The summed E-state index contributed by atoms with van der Waals surface area (Å²) in [6.07, 6.45) is 3.79. The van der Waals surface area contributed by atoms with Crippen molar-refractivity contribution in [1.82, 2.24) is 4.90 Å². The topological polar surface area (TPSA) is 110 Å². The molecule has 1 aliphatic carbocycles. The minimum absolute atomic E-state index is 0.0210. The van der Waals surface area contributed by atoms with Gasteiger partial charge in [0.2, 0.25) is 0 Å². The van der Waals surface area contributed by atoms with E-state index in [2.05, 4.69) is 26.8 Å². The molecule has 1 saturated carbocycles. The molecule has 3 aliphatic heterocycles. The van der Waals surface area contributed by atoms with Crippen LogP contribution in [0.15, 0.2) is 11.6 Å². The van der Waals surface area contributed by atoms with Gasteiger partial charge in [-0.1, -0.05) is 11.6 Å². The fourth-order valence-electron chi connectivity index (χ4n) is 5.49. The number of carboxylic acid groups (broad SMARTS) is 1. The minimum Gasteiger partial charge on any atom is -0.480 e. The van der Waals surface area contributed by atoms with Crippen molar-refractivity contribution in [3.63, 3.8) is 0 Å². The summed E-state index contributed by atoms with van der Waals surface area (Å²) in [5.41, 5.74) is 0.620. The molecule has 0 aromatic carbocycles. The van der Waals surface area contributed by atoms with Gasteiger partial charge in [0.15, 0.2) is 0 Å². The van der Waals surface area contributed by atoms with Crippen LogP contribution in [0.2, 0.25) is 0 Å². The molecule has 1 amide bonds. The van der Waals surface area contributed by atoms with Gasteiger partial charge in [-0.3, -0.25) is 0 Å².